The molecule has 0 amide bonds. The predicted molar refractivity (Wildman–Crippen MR) is 365 cm³/mol. The summed E-state index contributed by atoms with van der Waals surface area (Å²) in [6.07, 6.45) is 0. The largest absolute Gasteiger partial charge is 0.309 e. The van der Waals surface area contributed by atoms with Crippen molar-refractivity contribution in [3.05, 3.63) is 314 Å². The lowest BCUT2D eigenvalue weighted by Gasteiger charge is -2.19. The summed E-state index contributed by atoms with van der Waals surface area (Å²) in [5.74, 6) is 0. The number of hydrogen-bond acceptors (Lipinski definition) is 6. The minimum Gasteiger partial charge on any atom is -0.309 e. The molecule has 0 atom stereocenters. The average molecular weight is 1150 g/mol. The van der Waals surface area contributed by atoms with E-state index in [1.54, 1.807) is 0 Å². The van der Waals surface area contributed by atoms with Crippen LogP contribution in [0, 0.1) is 22.7 Å². The number of benzene rings is 10. The average Bonchev–Trinajstić information content (AvgIpc) is 1.58. The van der Waals surface area contributed by atoms with E-state index < -0.39 is 0 Å². The van der Waals surface area contributed by atoms with Crippen LogP contribution in [0.1, 0.15) is 11.1 Å². The van der Waals surface area contributed by atoms with Gasteiger partial charge in [-0.05, 0) is 127 Å². The zero-order valence-corrected chi connectivity index (χ0v) is 48.4. The minimum atomic E-state index is 0.457. The molecular weight excluding hydrogens is 1100 g/mol. The van der Waals surface area contributed by atoms with E-state index in [1.165, 1.54) is 0 Å². The summed E-state index contributed by atoms with van der Waals surface area (Å²) in [6, 6.07) is 109. The van der Waals surface area contributed by atoms with Crippen molar-refractivity contribution in [2.75, 3.05) is 0 Å². The van der Waals surface area contributed by atoms with Gasteiger partial charge in [0.25, 0.3) is 0 Å². The summed E-state index contributed by atoms with van der Waals surface area (Å²) in [5, 5.41) is 26.2. The first kappa shape index (κ1) is 52.9. The zero-order chi connectivity index (χ0) is 60.1. The molecule has 0 saturated heterocycles. The maximum Gasteiger partial charge on any atom is 0.101 e. The molecule has 10 aromatic carbocycles. The van der Waals surface area contributed by atoms with Crippen molar-refractivity contribution >= 4 is 43.6 Å². The van der Waals surface area contributed by atoms with Gasteiger partial charge in [-0.1, -0.05) is 182 Å². The quantitative estimate of drug-likeness (QED) is 0.128. The van der Waals surface area contributed by atoms with Gasteiger partial charge in [0.05, 0.1) is 96.2 Å². The van der Waals surface area contributed by atoms with Crippen molar-refractivity contribution in [2.45, 2.75) is 0 Å². The Morgan fingerprint density at radius 1 is 0.233 bits per heavy atom. The molecule has 90 heavy (non-hydrogen) atoms. The van der Waals surface area contributed by atoms with Crippen LogP contribution in [0.15, 0.2) is 303 Å². The van der Waals surface area contributed by atoms with Gasteiger partial charge in [-0.2, -0.15) is 10.5 Å². The normalized spacial score (nSPS) is 11.3. The van der Waals surface area contributed by atoms with E-state index in [0.717, 1.165) is 150 Å². The van der Waals surface area contributed by atoms with Crippen LogP contribution >= 0.6 is 0 Å². The van der Waals surface area contributed by atoms with Crippen LogP contribution in [0.3, 0.4) is 0 Å². The molecule has 0 aliphatic carbocycles. The van der Waals surface area contributed by atoms with Crippen LogP contribution in [0.25, 0.3) is 156 Å². The first-order valence-corrected chi connectivity index (χ1v) is 29.9. The van der Waals surface area contributed by atoms with Gasteiger partial charge in [-0.25, -0.2) is 19.9 Å². The fraction of sp³-hybridized carbons (Fsp3) is 0. The number of nitrogens with zero attached hydrogens (tertiary/aromatic N) is 8. The van der Waals surface area contributed by atoms with E-state index in [1.807, 2.05) is 127 Å². The lowest BCUT2D eigenvalue weighted by atomic mass is 9.97. The summed E-state index contributed by atoms with van der Waals surface area (Å²) in [6.45, 7) is 0. The summed E-state index contributed by atoms with van der Waals surface area (Å²) < 4.78 is 4.49. The van der Waals surface area contributed by atoms with Crippen LogP contribution < -0.4 is 0 Å². The molecule has 0 aliphatic rings. The molecule has 6 heterocycles. The molecule has 0 spiro atoms. The Balaban J connectivity index is 0.929. The third kappa shape index (κ3) is 9.51. The molecule has 0 radical (unpaired) electrons. The van der Waals surface area contributed by atoms with Gasteiger partial charge in [0.2, 0.25) is 0 Å². The third-order valence-electron chi connectivity index (χ3n) is 17.0. The van der Waals surface area contributed by atoms with Crippen molar-refractivity contribution in [3.8, 4) is 125 Å². The van der Waals surface area contributed by atoms with Gasteiger partial charge < -0.3 is 9.13 Å². The predicted octanol–water partition coefficient (Wildman–Crippen LogP) is 20.2. The Morgan fingerprint density at radius 2 is 0.533 bits per heavy atom. The third-order valence-corrected chi connectivity index (χ3v) is 17.0. The van der Waals surface area contributed by atoms with E-state index >= 15 is 0 Å². The molecular formula is C82H50N8. The van der Waals surface area contributed by atoms with E-state index in [4.69, 9.17) is 19.9 Å². The van der Waals surface area contributed by atoms with Crippen molar-refractivity contribution in [1.29, 1.82) is 10.5 Å². The number of aromatic nitrogens is 6. The van der Waals surface area contributed by atoms with Gasteiger partial charge in [0.15, 0.2) is 0 Å². The summed E-state index contributed by atoms with van der Waals surface area (Å²) >= 11 is 0. The van der Waals surface area contributed by atoms with Crippen molar-refractivity contribution < 1.29 is 0 Å². The van der Waals surface area contributed by atoms with Gasteiger partial charge in [0, 0.05) is 71.6 Å². The minimum absolute atomic E-state index is 0.457. The van der Waals surface area contributed by atoms with Gasteiger partial charge in [-0.15, -0.1) is 0 Å². The fourth-order valence-corrected chi connectivity index (χ4v) is 12.7. The molecule has 16 aromatic rings. The van der Waals surface area contributed by atoms with Crippen LogP contribution in [0.2, 0.25) is 0 Å². The van der Waals surface area contributed by atoms with E-state index in [0.29, 0.717) is 16.8 Å². The fourth-order valence-electron chi connectivity index (χ4n) is 12.7. The summed E-state index contributed by atoms with van der Waals surface area (Å²) in [7, 11) is 0. The highest BCUT2D eigenvalue weighted by Crippen LogP contribution is 2.44. The Hall–Kier alpha value is -12.6. The highest BCUT2D eigenvalue weighted by molar-refractivity contribution is 6.14. The lowest BCUT2D eigenvalue weighted by Crippen LogP contribution is -2.04. The zero-order valence-electron chi connectivity index (χ0n) is 48.4. The first-order valence-electron chi connectivity index (χ1n) is 29.9. The molecule has 0 aliphatic heterocycles. The van der Waals surface area contributed by atoms with Gasteiger partial charge in [-0.3, -0.25) is 0 Å². The first-order chi connectivity index (χ1) is 44.5. The molecule has 418 valence electrons. The van der Waals surface area contributed by atoms with E-state index in [-0.39, 0.29) is 0 Å². The van der Waals surface area contributed by atoms with Gasteiger partial charge in [0.1, 0.15) is 6.07 Å². The van der Waals surface area contributed by atoms with Crippen molar-refractivity contribution in [1.82, 2.24) is 29.1 Å². The maximum atomic E-state index is 11.8. The summed E-state index contributed by atoms with van der Waals surface area (Å²) in [5.41, 5.74) is 22.6. The van der Waals surface area contributed by atoms with Crippen LogP contribution in [-0.2, 0) is 0 Å². The van der Waals surface area contributed by atoms with E-state index in [9.17, 15) is 10.5 Å². The lowest BCUT2D eigenvalue weighted by molar-refractivity contribution is 1.13. The number of fused-ring (bicyclic) bond motifs is 6. The second kappa shape index (κ2) is 22.3. The molecule has 6 aromatic heterocycles. The molecule has 0 bridgehead atoms. The standard InChI is InChI=1S/C82H50N8/c83-51-53-18-13-27-58(44-53)64-50-81(89-77-40-36-59(73-32-14-28-69(85-73)54-19-5-1-6-20-54)45-65(77)66-46-60(37-41-78(66)89)74-33-15-29-70(86-74)55-21-7-2-8-22-55)63(52-84)49-82(64)90-79-42-38-61(75-34-16-30-71(87-75)56-23-9-3-10-24-56)47-67(79)68-48-62(39-43-80(68)90)76-35-17-31-72(88-76)57-25-11-4-12-26-57/h1-50H. The highest BCUT2D eigenvalue weighted by atomic mass is 15.0. The smallest absolute Gasteiger partial charge is 0.101 e. The van der Waals surface area contributed by atoms with Crippen LogP contribution in [0.5, 0.6) is 0 Å². The Labute approximate surface area is 519 Å². The molecule has 0 N–H and O–H groups in total. The maximum absolute atomic E-state index is 11.8. The van der Waals surface area contributed by atoms with Crippen LogP contribution in [0.4, 0.5) is 0 Å². The Morgan fingerprint density at radius 3 is 0.856 bits per heavy atom. The number of nitriles is 2. The number of pyridine rings is 4. The number of hydrogen-bond donors (Lipinski definition) is 0. The molecule has 16 rings (SSSR count). The SMILES string of the molecule is N#Cc1cccc(-c2cc(-n3c4ccc(-c5cccc(-c6ccccc6)n5)cc4c4cc(-c5cccc(-c6ccccc6)n5)ccc43)c(C#N)cc2-n2c3ccc(-c4cccc(-c5ccccc5)n4)cc3c3cc(-c4cccc(-c5ccccc5)n4)ccc32)c1. The van der Waals surface area contributed by atoms with Crippen LogP contribution in [-0.4, -0.2) is 29.1 Å². The molecule has 0 saturated carbocycles. The topological polar surface area (TPSA) is 109 Å². The molecule has 8 nitrogen and oxygen atoms in total. The molecule has 8 heteroatoms. The van der Waals surface area contributed by atoms with E-state index in [2.05, 4.69) is 197 Å². The van der Waals surface area contributed by atoms with Gasteiger partial charge >= 0.3 is 0 Å². The monoisotopic (exact) mass is 1150 g/mol. The van der Waals surface area contributed by atoms with Crippen molar-refractivity contribution in [3.63, 3.8) is 0 Å². The Kier molecular flexibility index (Phi) is 13.1. The second-order valence-corrected chi connectivity index (χ2v) is 22.4. The second-order valence-electron chi connectivity index (χ2n) is 22.4. The summed E-state index contributed by atoms with van der Waals surface area (Å²) in [4.78, 5) is 20.9. The highest BCUT2D eigenvalue weighted by Gasteiger charge is 2.24. The number of rotatable bonds is 11. The molecule has 0 fully saturated rings. The van der Waals surface area contributed by atoms with Crippen molar-refractivity contribution in [2.24, 2.45) is 0 Å². The Bertz CT molecular complexity index is 5280. The molecule has 0 unspecified atom stereocenters.